The van der Waals surface area contributed by atoms with E-state index < -0.39 is 6.10 Å². The molecule has 0 amide bonds. The van der Waals surface area contributed by atoms with Crippen LogP contribution in [0.2, 0.25) is 0 Å². The number of aliphatic hydroxyl groups is 1. The zero-order chi connectivity index (χ0) is 18.3. The lowest BCUT2D eigenvalue weighted by Gasteiger charge is -2.08. The topological polar surface area (TPSA) is 93.8 Å². The molecule has 1 unspecified atom stereocenters. The predicted octanol–water partition coefficient (Wildman–Crippen LogP) is 2.34. The number of anilines is 1. The van der Waals surface area contributed by atoms with Crippen molar-refractivity contribution in [3.63, 3.8) is 0 Å². The molecule has 0 saturated heterocycles. The molecule has 4 heterocycles. The Morgan fingerprint density at radius 3 is 3.08 bits per heavy atom. The number of hydrogen-bond acceptors (Lipinski definition) is 7. The average molecular weight is 355 g/mol. The van der Waals surface area contributed by atoms with Crippen molar-refractivity contribution in [1.82, 2.24) is 19.6 Å². The molecule has 0 radical (unpaired) electrons. The summed E-state index contributed by atoms with van der Waals surface area (Å²) in [5.74, 6) is 2.61. The normalized spacial score (nSPS) is 17.0. The first-order chi connectivity index (χ1) is 12.5. The van der Waals surface area contributed by atoms with Crippen LogP contribution in [-0.4, -0.2) is 43.4 Å². The molecule has 0 spiro atoms. The van der Waals surface area contributed by atoms with E-state index in [1.165, 1.54) is 6.33 Å². The molecule has 26 heavy (non-hydrogen) atoms. The van der Waals surface area contributed by atoms with Gasteiger partial charge in [-0.05, 0) is 33.3 Å². The van der Waals surface area contributed by atoms with Gasteiger partial charge in [0.15, 0.2) is 0 Å². The molecule has 136 valence electrons. The quantitative estimate of drug-likeness (QED) is 0.725. The minimum absolute atomic E-state index is 0.210. The van der Waals surface area contributed by atoms with Crippen LogP contribution in [0.1, 0.15) is 25.0 Å². The van der Waals surface area contributed by atoms with E-state index in [2.05, 4.69) is 27.3 Å². The number of hydrogen-bond donors (Lipinski definition) is 2. The zero-order valence-electron chi connectivity index (χ0n) is 14.9. The van der Waals surface area contributed by atoms with Crippen molar-refractivity contribution in [3.8, 4) is 17.4 Å². The largest absolute Gasteiger partial charge is 0.489 e. The average Bonchev–Trinajstić information content (AvgIpc) is 3.12. The summed E-state index contributed by atoms with van der Waals surface area (Å²) in [4.78, 5) is 8.70. The van der Waals surface area contributed by atoms with Crippen molar-refractivity contribution in [2.24, 2.45) is 0 Å². The molecule has 8 heteroatoms. The molecule has 3 aromatic rings. The second kappa shape index (κ2) is 6.45. The third-order valence-corrected chi connectivity index (χ3v) is 4.29. The summed E-state index contributed by atoms with van der Waals surface area (Å²) in [6.07, 6.45) is 5.25. The lowest BCUT2D eigenvalue weighted by molar-refractivity contribution is 0.122. The van der Waals surface area contributed by atoms with E-state index in [-0.39, 0.29) is 6.61 Å². The van der Waals surface area contributed by atoms with Gasteiger partial charge in [0, 0.05) is 17.2 Å². The standard InChI is InChI=1S/C18H21N5O3/c1-10-4-13-5-14(6-19-17(13)22-10)26-18-16-12(3)15(25-8-11(2)24)7-23(16)21-9-20-18/h5-7,9-11,24H,4,8H2,1-3H3,(H,19,22)/t10?,11-/m1/s1. The van der Waals surface area contributed by atoms with Gasteiger partial charge in [-0.25, -0.2) is 9.50 Å². The Hall–Kier alpha value is -2.87. The van der Waals surface area contributed by atoms with Crippen LogP contribution in [0.4, 0.5) is 5.82 Å². The van der Waals surface area contributed by atoms with Crippen LogP contribution in [0.15, 0.2) is 24.8 Å². The molecular weight excluding hydrogens is 334 g/mol. The van der Waals surface area contributed by atoms with Gasteiger partial charge in [-0.2, -0.15) is 10.1 Å². The van der Waals surface area contributed by atoms with Crippen LogP contribution in [0.5, 0.6) is 17.4 Å². The monoisotopic (exact) mass is 355 g/mol. The Morgan fingerprint density at radius 1 is 1.42 bits per heavy atom. The molecule has 4 rings (SSSR count). The van der Waals surface area contributed by atoms with Gasteiger partial charge in [0.1, 0.15) is 35.8 Å². The van der Waals surface area contributed by atoms with E-state index in [1.807, 2.05) is 13.0 Å². The highest BCUT2D eigenvalue weighted by Gasteiger charge is 2.20. The molecule has 0 fully saturated rings. The van der Waals surface area contributed by atoms with Crippen molar-refractivity contribution in [2.45, 2.75) is 39.3 Å². The third-order valence-electron chi connectivity index (χ3n) is 4.29. The summed E-state index contributed by atoms with van der Waals surface area (Å²) in [6.45, 7) is 5.92. The first kappa shape index (κ1) is 16.6. The molecule has 0 aromatic carbocycles. The van der Waals surface area contributed by atoms with E-state index in [9.17, 15) is 5.11 Å². The van der Waals surface area contributed by atoms with Crippen LogP contribution in [0.3, 0.4) is 0 Å². The summed E-state index contributed by atoms with van der Waals surface area (Å²) in [5.41, 5.74) is 2.71. The molecule has 0 saturated carbocycles. The number of aliphatic hydroxyl groups excluding tert-OH is 1. The highest BCUT2D eigenvalue weighted by atomic mass is 16.5. The maximum Gasteiger partial charge on any atom is 0.247 e. The first-order valence-electron chi connectivity index (χ1n) is 8.58. The van der Waals surface area contributed by atoms with Crippen molar-refractivity contribution < 1.29 is 14.6 Å². The van der Waals surface area contributed by atoms with Gasteiger partial charge in [0.25, 0.3) is 0 Å². The number of rotatable bonds is 5. The summed E-state index contributed by atoms with van der Waals surface area (Å²) in [7, 11) is 0. The van der Waals surface area contributed by atoms with Crippen LogP contribution >= 0.6 is 0 Å². The summed E-state index contributed by atoms with van der Waals surface area (Å²) in [5, 5.41) is 17.0. The minimum Gasteiger partial charge on any atom is -0.489 e. The Morgan fingerprint density at radius 2 is 2.27 bits per heavy atom. The second-order valence-electron chi connectivity index (χ2n) is 6.67. The lowest BCUT2D eigenvalue weighted by atomic mass is 10.2. The van der Waals surface area contributed by atoms with Gasteiger partial charge in [0.2, 0.25) is 5.88 Å². The van der Waals surface area contributed by atoms with Crippen molar-refractivity contribution in [2.75, 3.05) is 11.9 Å². The Bertz CT molecular complexity index is 953. The predicted molar refractivity (Wildman–Crippen MR) is 96.0 cm³/mol. The number of fused-ring (bicyclic) bond motifs is 2. The van der Waals surface area contributed by atoms with Gasteiger partial charge in [-0.1, -0.05) is 0 Å². The summed E-state index contributed by atoms with van der Waals surface area (Å²) in [6, 6.07) is 2.36. The molecule has 8 nitrogen and oxygen atoms in total. The van der Waals surface area contributed by atoms with E-state index in [0.29, 0.717) is 23.4 Å². The van der Waals surface area contributed by atoms with Crippen molar-refractivity contribution in [3.05, 3.63) is 35.9 Å². The maximum absolute atomic E-state index is 9.43. The highest BCUT2D eigenvalue weighted by molar-refractivity contribution is 5.67. The molecule has 2 atom stereocenters. The molecule has 1 aliphatic heterocycles. The maximum atomic E-state index is 9.43. The van der Waals surface area contributed by atoms with Crippen molar-refractivity contribution >= 4 is 11.3 Å². The fourth-order valence-corrected chi connectivity index (χ4v) is 3.09. The van der Waals surface area contributed by atoms with E-state index in [1.54, 1.807) is 23.8 Å². The van der Waals surface area contributed by atoms with Gasteiger partial charge in [-0.3, -0.25) is 0 Å². The highest BCUT2D eigenvalue weighted by Crippen LogP contribution is 2.33. The van der Waals surface area contributed by atoms with Crippen LogP contribution in [-0.2, 0) is 6.42 Å². The first-order valence-corrected chi connectivity index (χ1v) is 8.58. The molecule has 2 N–H and O–H groups in total. The number of ether oxygens (including phenoxy) is 2. The number of aromatic nitrogens is 4. The molecule has 0 bridgehead atoms. The second-order valence-corrected chi connectivity index (χ2v) is 6.67. The van der Waals surface area contributed by atoms with Gasteiger partial charge < -0.3 is 19.9 Å². The zero-order valence-corrected chi connectivity index (χ0v) is 14.9. The smallest absolute Gasteiger partial charge is 0.247 e. The summed E-state index contributed by atoms with van der Waals surface area (Å²) >= 11 is 0. The lowest BCUT2D eigenvalue weighted by Crippen LogP contribution is -2.12. The molecule has 1 aliphatic rings. The van der Waals surface area contributed by atoms with Gasteiger partial charge >= 0.3 is 0 Å². The minimum atomic E-state index is -0.548. The fourth-order valence-electron chi connectivity index (χ4n) is 3.09. The number of aryl methyl sites for hydroxylation is 1. The SMILES string of the molecule is Cc1c(OC[C@@H](C)O)cn2ncnc(Oc3cnc4c(c3)CC(C)N4)c12. The van der Waals surface area contributed by atoms with E-state index in [0.717, 1.165) is 28.9 Å². The Balaban J connectivity index is 1.66. The number of nitrogens with zero attached hydrogens (tertiary/aromatic N) is 4. The summed E-state index contributed by atoms with van der Waals surface area (Å²) < 4.78 is 13.3. The van der Waals surface area contributed by atoms with Crippen LogP contribution in [0, 0.1) is 6.92 Å². The molecule has 3 aromatic heterocycles. The van der Waals surface area contributed by atoms with Gasteiger partial charge in [-0.15, -0.1) is 0 Å². The fraction of sp³-hybridized carbons (Fsp3) is 0.389. The van der Waals surface area contributed by atoms with E-state index >= 15 is 0 Å². The Kier molecular flexibility index (Phi) is 4.12. The van der Waals surface area contributed by atoms with Crippen LogP contribution < -0.4 is 14.8 Å². The third kappa shape index (κ3) is 3.03. The van der Waals surface area contributed by atoms with E-state index in [4.69, 9.17) is 9.47 Å². The molecule has 0 aliphatic carbocycles. The molecular formula is C18H21N5O3. The number of nitrogens with one attached hydrogen (secondary N) is 1. The Labute approximate surface area is 150 Å². The van der Waals surface area contributed by atoms with Crippen molar-refractivity contribution in [1.29, 1.82) is 0 Å². The van der Waals surface area contributed by atoms with Crippen LogP contribution in [0.25, 0.3) is 5.52 Å². The van der Waals surface area contributed by atoms with Gasteiger partial charge in [0.05, 0.1) is 18.5 Å². The number of pyridine rings is 1.